The number of aromatic nitrogens is 1. The van der Waals surface area contributed by atoms with Gasteiger partial charge < -0.3 is 15.0 Å². The molecule has 3 rings (SSSR count). The smallest absolute Gasteiger partial charge is 0.253 e. The molecule has 0 radical (unpaired) electrons. The second-order valence-corrected chi connectivity index (χ2v) is 8.02. The van der Waals surface area contributed by atoms with Crippen molar-refractivity contribution in [2.75, 3.05) is 31.7 Å². The fraction of sp³-hybridized carbons (Fsp3) is 0.455. The number of carbonyl (C=O) groups is 1. The Labute approximate surface area is 172 Å². The Kier molecular flexibility index (Phi) is 6.92. The summed E-state index contributed by atoms with van der Waals surface area (Å²) in [6.45, 7) is 6.44. The highest BCUT2D eigenvalue weighted by Gasteiger charge is 2.19. The van der Waals surface area contributed by atoms with Gasteiger partial charge in [0, 0.05) is 43.7 Å². The molecule has 2 heterocycles. The monoisotopic (exact) mass is 401 g/mol. The lowest BCUT2D eigenvalue weighted by Crippen LogP contribution is -2.33. The van der Waals surface area contributed by atoms with Crippen molar-refractivity contribution in [1.82, 2.24) is 10.3 Å². The Bertz CT molecular complexity index is 802. The van der Waals surface area contributed by atoms with Gasteiger partial charge in [-0.05, 0) is 60.6 Å². The summed E-state index contributed by atoms with van der Waals surface area (Å²) in [7, 11) is 1.96. The SMILES string of the molecule is CC(C)c1cc(N(C)c2ccc(Cl)cc2)ncc1C(=O)NCC1CCOCC1. The van der Waals surface area contributed by atoms with E-state index in [1.165, 1.54) is 0 Å². The van der Waals surface area contributed by atoms with Gasteiger partial charge in [-0.1, -0.05) is 25.4 Å². The number of nitrogens with one attached hydrogen (secondary N) is 1. The number of rotatable bonds is 6. The highest BCUT2D eigenvalue weighted by molar-refractivity contribution is 6.30. The zero-order valence-corrected chi connectivity index (χ0v) is 17.5. The maximum Gasteiger partial charge on any atom is 0.253 e. The molecule has 0 unspecified atom stereocenters. The van der Waals surface area contributed by atoms with Crippen LogP contribution in [0.25, 0.3) is 0 Å². The molecule has 150 valence electrons. The van der Waals surface area contributed by atoms with Crippen molar-refractivity contribution in [3.8, 4) is 0 Å². The first-order valence-corrected chi connectivity index (χ1v) is 10.2. The van der Waals surface area contributed by atoms with Gasteiger partial charge in [0.05, 0.1) is 5.56 Å². The van der Waals surface area contributed by atoms with Crippen LogP contribution in [0.1, 0.15) is 48.5 Å². The molecule has 28 heavy (non-hydrogen) atoms. The van der Waals surface area contributed by atoms with Crippen LogP contribution in [0.2, 0.25) is 5.02 Å². The van der Waals surface area contributed by atoms with Gasteiger partial charge in [0.15, 0.2) is 0 Å². The molecule has 0 atom stereocenters. The number of halogens is 1. The van der Waals surface area contributed by atoms with Crippen LogP contribution >= 0.6 is 11.6 Å². The third-order valence-electron chi connectivity index (χ3n) is 5.24. The number of hydrogen-bond acceptors (Lipinski definition) is 4. The van der Waals surface area contributed by atoms with Crippen molar-refractivity contribution in [3.05, 3.63) is 52.7 Å². The van der Waals surface area contributed by atoms with E-state index in [1.807, 2.05) is 42.3 Å². The highest BCUT2D eigenvalue weighted by atomic mass is 35.5. The maximum absolute atomic E-state index is 12.8. The first-order valence-electron chi connectivity index (χ1n) is 9.81. The minimum atomic E-state index is -0.0524. The number of benzene rings is 1. The second-order valence-electron chi connectivity index (χ2n) is 7.59. The Morgan fingerprint density at radius 2 is 1.96 bits per heavy atom. The van der Waals surface area contributed by atoms with E-state index in [9.17, 15) is 4.79 Å². The molecule has 1 fully saturated rings. The third kappa shape index (κ3) is 5.03. The number of hydrogen-bond donors (Lipinski definition) is 1. The molecule has 2 aromatic rings. The summed E-state index contributed by atoms with van der Waals surface area (Å²) in [5, 5.41) is 3.79. The van der Waals surface area contributed by atoms with Gasteiger partial charge in [0.1, 0.15) is 5.82 Å². The Balaban J connectivity index is 1.76. The molecular weight excluding hydrogens is 374 g/mol. The van der Waals surface area contributed by atoms with E-state index in [-0.39, 0.29) is 11.8 Å². The van der Waals surface area contributed by atoms with Crippen LogP contribution < -0.4 is 10.2 Å². The van der Waals surface area contributed by atoms with Crippen molar-refractivity contribution >= 4 is 29.0 Å². The standard InChI is InChI=1S/C22H28ClN3O2/c1-15(2)19-12-21(26(3)18-6-4-17(23)5-7-18)24-14-20(19)22(27)25-13-16-8-10-28-11-9-16/h4-7,12,14-16H,8-11,13H2,1-3H3,(H,25,27). The van der Waals surface area contributed by atoms with E-state index in [1.54, 1.807) is 6.20 Å². The molecule has 1 aromatic heterocycles. The lowest BCUT2D eigenvalue weighted by atomic mass is 9.97. The average molecular weight is 402 g/mol. The molecule has 1 aromatic carbocycles. The third-order valence-corrected chi connectivity index (χ3v) is 5.49. The van der Waals surface area contributed by atoms with E-state index < -0.39 is 0 Å². The van der Waals surface area contributed by atoms with Crippen LogP contribution in [-0.2, 0) is 4.74 Å². The van der Waals surface area contributed by atoms with Gasteiger partial charge in [-0.25, -0.2) is 4.98 Å². The van der Waals surface area contributed by atoms with Crippen molar-refractivity contribution in [1.29, 1.82) is 0 Å². The van der Waals surface area contributed by atoms with Crippen molar-refractivity contribution in [2.45, 2.75) is 32.6 Å². The van der Waals surface area contributed by atoms with Crippen LogP contribution in [0.3, 0.4) is 0 Å². The Hall–Kier alpha value is -2.11. The largest absolute Gasteiger partial charge is 0.381 e. The van der Waals surface area contributed by atoms with Gasteiger partial charge in [-0.3, -0.25) is 4.79 Å². The minimum absolute atomic E-state index is 0.0524. The Morgan fingerprint density at radius 3 is 2.61 bits per heavy atom. The summed E-state index contributed by atoms with van der Waals surface area (Å²) < 4.78 is 5.39. The van der Waals surface area contributed by atoms with Crippen LogP contribution in [0, 0.1) is 5.92 Å². The van der Waals surface area contributed by atoms with Crippen molar-refractivity contribution in [2.24, 2.45) is 5.92 Å². The molecule has 1 N–H and O–H groups in total. The van der Waals surface area contributed by atoms with Crippen LogP contribution in [0.5, 0.6) is 0 Å². The predicted octanol–water partition coefficient (Wildman–Crippen LogP) is 4.78. The number of ether oxygens (including phenoxy) is 1. The summed E-state index contributed by atoms with van der Waals surface area (Å²) >= 11 is 5.99. The van der Waals surface area contributed by atoms with Gasteiger partial charge in [0.25, 0.3) is 5.91 Å². The van der Waals surface area contributed by atoms with Gasteiger partial charge in [-0.2, -0.15) is 0 Å². The number of amides is 1. The number of anilines is 2. The van der Waals surface area contributed by atoms with E-state index >= 15 is 0 Å². The summed E-state index contributed by atoms with van der Waals surface area (Å²) in [5.74, 6) is 1.45. The summed E-state index contributed by atoms with van der Waals surface area (Å²) in [6.07, 6.45) is 3.69. The van der Waals surface area contributed by atoms with Gasteiger partial charge in [0.2, 0.25) is 0 Å². The lowest BCUT2D eigenvalue weighted by molar-refractivity contribution is 0.0642. The fourth-order valence-electron chi connectivity index (χ4n) is 3.39. The molecule has 0 spiro atoms. The molecule has 0 aliphatic carbocycles. The molecule has 0 saturated carbocycles. The van der Waals surface area contributed by atoms with Crippen LogP contribution in [-0.4, -0.2) is 37.7 Å². The minimum Gasteiger partial charge on any atom is -0.381 e. The lowest BCUT2D eigenvalue weighted by Gasteiger charge is -2.23. The molecule has 1 amide bonds. The normalized spacial score (nSPS) is 14.9. The molecular formula is C22H28ClN3O2. The van der Waals surface area contributed by atoms with E-state index in [0.717, 1.165) is 43.1 Å². The molecule has 1 saturated heterocycles. The number of nitrogens with zero attached hydrogens (tertiary/aromatic N) is 2. The summed E-state index contributed by atoms with van der Waals surface area (Å²) in [6, 6.07) is 9.62. The summed E-state index contributed by atoms with van der Waals surface area (Å²) in [5.41, 5.74) is 2.63. The van der Waals surface area contributed by atoms with E-state index in [0.29, 0.717) is 23.0 Å². The van der Waals surface area contributed by atoms with Crippen LogP contribution in [0.4, 0.5) is 11.5 Å². The fourth-order valence-corrected chi connectivity index (χ4v) is 3.52. The van der Waals surface area contributed by atoms with Gasteiger partial charge in [-0.15, -0.1) is 0 Å². The first-order chi connectivity index (χ1) is 13.5. The zero-order chi connectivity index (χ0) is 20.1. The van der Waals surface area contributed by atoms with E-state index in [2.05, 4.69) is 24.1 Å². The van der Waals surface area contributed by atoms with Gasteiger partial charge >= 0.3 is 0 Å². The predicted molar refractivity (Wildman–Crippen MR) is 114 cm³/mol. The zero-order valence-electron chi connectivity index (χ0n) is 16.7. The maximum atomic E-state index is 12.8. The van der Waals surface area contributed by atoms with E-state index in [4.69, 9.17) is 16.3 Å². The topological polar surface area (TPSA) is 54.5 Å². The van der Waals surface area contributed by atoms with Crippen molar-refractivity contribution < 1.29 is 9.53 Å². The van der Waals surface area contributed by atoms with Crippen LogP contribution in [0.15, 0.2) is 36.5 Å². The number of carbonyl (C=O) groups excluding carboxylic acids is 1. The quantitative estimate of drug-likeness (QED) is 0.756. The molecule has 1 aliphatic heterocycles. The Morgan fingerprint density at radius 1 is 1.29 bits per heavy atom. The molecule has 1 aliphatic rings. The molecule has 6 heteroatoms. The van der Waals surface area contributed by atoms with Crippen molar-refractivity contribution in [3.63, 3.8) is 0 Å². The number of pyridine rings is 1. The highest BCUT2D eigenvalue weighted by Crippen LogP contribution is 2.28. The first kappa shape index (κ1) is 20.6. The molecule has 5 nitrogen and oxygen atoms in total. The molecule has 0 bridgehead atoms. The average Bonchev–Trinajstić information content (AvgIpc) is 2.72. The second kappa shape index (κ2) is 9.39. The summed E-state index contributed by atoms with van der Waals surface area (Å²) in [4.78, 5) is 19.3.